The van der Waals surface area contributed by atoms with Crippen molar-refractivity contribution in [3.05, 3.63) is 47.9 Å². The Labute approximate surface area is 157 Å². The summed E-state index contributed by atoms with van der Waals surface area (Å²) in [6.45, 7) is 4.00. The number of amidine groups is 1. The molecule has 148 valence electrons. The van der Waals surface area contributed by atoms with Gasteiger partial charge in [0.25, 0.3) is 0 Å². The Bertz CT molecular complexity index is 923. The molecule has 0 aliphatic rings. The third-order valence-electron chi connectivity index (χ3n) is 3.15. The molecule has 0 radical (unpaired) electrons. The van der Waals surface area contributed by atoms with Gasteiger partial charge in [-0.3, -0.25) is 5.32 Å². The topological polar surface area (TPSA) is 135 Å². The van der Waals surface area contributed by atoms with Gasteiger partial charge in [-0.15, -0.1) is 0 Å². The number of nitrogens with zero attached hydrogens (tertiary/aromatic N) is 5. The molecule has 28 heavy (non-hydrogen) atoms. The van der Waals surface area contributed by atoms with E-state index < -0.39 is 11.7 Å². The third kappa shape index (κ3) is 4.93. The van der Waals surface area contributed by atoms with Crippen LogP contribution in [0.2, 0.25) is 0 Å². The number of halogens is 3. The van der Waals surface area contributed by atoms with Crippen LogP contribution in [0.25, 0.3) is 11.4 Å². The largest absolute Gasteiger partial charge is 0.416 e. The molecule has 4 N–H and O–H groups in total. The van der Waals surface area contributed by atoms with Crippen LogP contribution >= 0.6 is 0 Å². The fraction of sp³-hybridized carbons (Fsp3) is 0.188. The van der Waals surface area contributed by atoms with Crippen molar-refractivity contribution in [3.63, 3.8) is 0 Å². The minimum Gasteiger partial charge on any atom is -0.409 e. The average molecular weight is 395 g/mol. The molecule has 0 amide bonds. The Hall–Kier alpha value is -3.70. The first-order chi connectivity index (χ1) is 13.4. The van der Waals surface area contributed by atoms with Gasteiger partial charge >= 0.3 is 12.2 Å². The molecule has 0 aliphatic carbocycles. The SMILES string of the molecule is CC.N/C(=N\O)c1cnc(Nc2nc(-c3ccc(C(F)(F)F)cc3)no2)cn1. The summed E-state index contributed by atoms with van der Waals surface area (Å²) in [7, 11) is 0. The van der Waals surface area contributed by atoms with Crippen LogP contribution in [0.4, 0.5) is 25.0 Å². The highest BCUT2D eigenvalue weighted by molar-refractivity contribution is 5.94. The molecule has 9 nitrogen and oxygen atoms in total. The minimum absolute atomic E-state index is 0.0363. The van der Waals surface area contributed by atoms with Crippen LogP contribution in [0.15, 0.2) is 46.3 Å². The lowest BCUT2D eigenvalue weighted by molar-refractivity contribution is -0.137. The number of aromatic nitrogens is 4. The van der Waals surface area contributed by atoms with Crippen LogP contribution in [0.1, 0.15) is 25.1 Å². The molecule has 0 fully saturated rings. The van der Waals surface area contributed by atoms with Gasteiger partial charge in [0.05, 0.1) is 18.0 Å². The van der Waals surface area contributed by atoms with E-state index in [1.54, 1.807) is 0 Å². The summed E-state index contributed by atoms with van der Waals surface area (Å²) in [6, 6.07) is 4.30. The summed E-state index contributed by atoms with van der Waals surface area (Å²) in [5, 5.41) is 17.7. The van der Waals surface area contributed by atoms with Gasteiger partial charge in [0, 0.05) is 5.56 Å². The van der Waals surface area contributed by atoms with Crippen LogP contribution in [-0.2, 0) is 6.18 Å². The fourth-order valence-corrected chi connectivity index (χ4v) is 1.89. The third-order valence-corrected chi connectivity index (χ3v) is 3.15. The second-order valence-electron chi connectivity index (χ2n) is 4.90. The number of alkyl halides is 3. The lowest BCUT2D eigenvalue weighted by atomic mass is 10.1. The minimum atomic E-state index is -4.42. The lowest BCUT2D eigenvalue weighted by Crippen LogP contribution is -2.15. The van der Waals surface area contributed by atoms with Gasteiger partial charge in [0.1, 0.15) is 5.69 Å². The fourth-order valence-electron chi connectivity index (χ4n) is 1.89. The summed E-state index contributed by atoms with van der Waals surface area (Å²) in [4.78, 5) is 11.9. The predicted octanol–water partition coefficient (Wildman–Crippen LogP) is 3.41. The van der Waals surface area contributed by atoms with Gasteiger partial charge in [-0.05, 0) is 12.1 Å². The van der Waals surface area contributed by atoms with Crippen molar-refractivity contribution in [3.8, 4) is 11.4 Å². The maximum Gasteiger partial charge on any atom is 0.416 e. The van der Waals surface area contributed by atoms with Crippen LogP contribution in [-0.4, -0.2) is 31.2 Å². The van der Waals surface area contributed by atoms with E-state index in [0.29, 0.717) is 5.56 Å². The van der Waals surface area contributed by atoms with Gasteiger partial charge in [-0.2, -0.15) is 18.2 Å². The van der Waals surface area contributed by atoms with Gasteiger partial charge in [-0.1, -0.05) is 36.3 Å². The van der Waals surface area contributed by atoms with Crippen LogP contribution in [0.3, 0.4) is 0 Å². The lowest BCUT2D eigenvalue weighted by Gasteiger charge is -2.05. The van der Waals surface area contributed by atoms with E-state index in [0.717, 1.165) is 12.1 Å². The summed E-state index contributed by atoms with van der Waals surface area (Å²) in [6.07, 6.45) is -1.88. The smallest absolute Gasteiger partial charge is 0.409 e. The number of nitrogens with one attached hydrogen (secondary N) is 1. The highest BCUT2D eigenvalue weighted by Crippen LogP contribution is 2.30. The molecule has 0 aliphatic heterocycles. The second kappa shape index (κ2) is 8.79. The Kier molecular flexibility index (Phi) is 6.47. The first-order valence-corrected chi connectivity index (χ1v) is 7.95. The van der Waals surface area contributed by atoms with Gasteiger partial charge in [-0.25, -0.2) is 9.97 Å². The quantitative estimate of drug-likeness (QED) is 0.265. The van der Waals surface area contributed by atoms with Gasteiger partial charge < -0.3 is 15.5 Å². The van der Waals surface area contributed by atoms with E-state index in [2.05, 4.69) is 30.6 Å². The molecule has 2 aromatic heterocycles. The summed E-state index contributed by atoms with van der Waals surface area (Å²) in [5.74, 6) is 0.135. The second-order valence-corrected chi connectivity index (χ2v) is 4.90. The predicted molar refractivity (Wildman–Crippen MR) is 93.9 cm³/mol. The summed E-state index contributed by atoms with van der Waals surface area (Å²) >= 11 is 0. The molecule has 0 spiro atoms. The van der Waals surface area contributed by atoms with Crippen molar-refractivity contribution in [1.29, 1.82) is 0 Å². The Balaban J connectivity index is 0.00000136. The van der Waals surface area contributed by atoms with Crippen LogP contribution in [0.5, 0.6) is 0 Å². The molecule has 12 heteroatoms. The number of hydrogen-bond donors (Lipinski definition) is 3. The normalized spacial score (nSPS) is 11.5. The number of nitrogens with two attached hydrogens (primary N) is 1. The Morgan fingerprint density at radius 3 is 2.36 bits per heavy atom. The zero-order valence-electron chi connectivity index (χ0n) is 14.8. The van der Waals surface area contributed by atoms with Crippen molar-refractivity contribution in [1.82, 2.24) is 20.1 Å². The van der Waals surface area contributed by atoms with Crippen LogP contribution in [0, 0.1) is 0 Å². The molecule has 1 aromatic carbocycles. The molecule has 0 saturated carbocycles. The zero-order valence-corrected chi connectivity index (χ0v) is 14.8. The number of benzene rings is 1. The van der Waals surface area contributed by atoms with E-state index in [-0.39, 0.29) is 29.2 Å². The molecule has 2 heterocycles. The molecule has 3 aromatic rings. The first-order valence-electron chi connectivity index (χ1n) is 7.95. The van der Waals surface area contributed by atoms with E-state index in [9.17, 15) is 13.2 Å². The molecule has 0 bridgehead atoms. The number of anilines is 2. The van der Waals surface area contributed by atoms with Gasteiger partial charge in [0.2, 0.25) is 5.82 Å². The van der Waals surface area contributed by atoms with Crippen molar-refractivity contribution in [2.24, 2.45) is 10.9 Å². The first kappa shape index (κ1) is 20.6. The van der Waals surface area contributed by atoms with E-state index in [1.165, 1.54) is 24.5 Å². The van der Waals surface area contributed by atoms with Gasteiger partial charge in [0.15, 0.2) is 11.7 Å². The monoisotopic (exact) mass is 395 g/mol. The molecule has 0 unspecified atom stereocenters. The Morgan fingerprint density at radius 1 is 1.14 bits per heavy atom. The number of oxime groups is 1. The average Bonchev–Trinajstić information content (AvgIpc) is 3.17. The number of hydrogen-bond acceptors (Lipinski definition) is 8. The van der Waals surface area contributed by atoms with Crippen molar-refractivity contribution >= 4 is 17.7 Å². The molecule has 3 rings (SSSR count). The number of rotatable bonds is 4. The van der Waals surface area contributed by atoms with E-state index in [4.69, 9.17) is 15.5 Å². The van der Waals surface area contributed by atoms with E-state index >= 15 is 0 Å². The highest BCUT2D eigenvalue weighted by atomic mass is 19.4. The Morgan fingerprint density at radius 2 is 1.82 bits per heavy atom. The van der Waals surface area contributed by atoms with Crippen LogP contribution < -0.4 is 11.1 Å². The van der Waals surface area contributed by atoms with Crippen molar-refractivity contribution < 1.29 is 22.9 Å². The zero-order chi connectivity index (χ0) is 20.7. The standard InChI is InChI=1S/C14H10F3N7O2.C2H6/c15-14(16,17)8-3-1-7(2-4-8)12-22-13(26-24-12)21-10-6-19-9(5-20-10)11(18)23-25;1-2/h1-6,25H,(H2,18,23)(H,20,21,22,24);1-2H3. The van der Waals surface area contributed by atoms with Crippen molar-refractivity contribution in [2.45, 2.75) is 20.0 Å². The maximum absolute atomic E-state index is 12.6. The maximum atomic E-state index is 12.6. The summed E-state index contributed by atoms with van der Waals surface area (Å²) < 4.78 is 42.7. The summed E-state index contributed by atoms with van der Waals surface area (Å²) in [5.41, 5.74) is 5.11. The highest BCUT2D eigenvalue weighted by Gasteiger charge is 2.30. The molecular weight excluding hydrogens is 379 g/mol. The molecule has 0 saturated heterocycles. The molecule has 0 atom stereocenters. The van der Waals surface area contributed by atoms with Crippen molar-refractivity contribution in [2.75, 3.05) is 5.32 Å². The molecular formula is C16H16F3N7O2. The van der Waals surface area contributed by atoms with E-state index in [1.807, 2.05) is 13.8 Å².